The molecule has 0 fully saturated rings. The maximum atomic E-state index is 13.5. The first kappa shape index (κ1) is 17.6. The molecule has 1 amide bonds. The number of hydrogen-bond acceptors (Lipinski definition) is 3. The van der Waals surface area contributed by atoms with Crippen LogP contribution in [0.2, 0.25) is 0 Å². The van der Waals surface area contributed by atoms with Crippen LogP contribution in [0.3, 0.4) is 0 Å². The van der Waals surface area contributed by atoms with Crippen molar-refractivity contribution >= 4 is 37.4 Å². The summed E-state index contributed by atoms with van der Waals surface area (Å²) in [5, 5.41) is 2.56. The predicted octanol–water partition coefficient (Wildman–Crippen LogP) is 3.45. The van der Waals surface area contributed by atoms with Gasteiger partial charge in [0.25, 0.3) is 0 Å². The van der Waals surface area contributed by atoms with Gasteiger partial charge in [-0.25, -0.2) is 12.8 Å². The molecule has 2 aromatic carbocycles. The van der Waals surface area contributed by atoms with Crippen molar-refractivity contribution in [1.82, 2.24) is 0 Å². The Hall–Kier alpha value is -1.73. The van der Waals surface area contributed by atoms with E-state index in [4.69, 9.17) is 0 Å². The smallest absolute Gasteiger partial charge is 0.239 e. The van der Waals surface area contributed by atoms with Crippen molar-refractivity contribution in [3.8, 4) is 0 Å². The highest BCUT2D eigenvalue weighted by Gasteiger charge is 2.19. The number of halogens is 2. The maximum absolute atomic E-state index is 13.5. The topological polar surface area (TPSA) is 63.2 Å². The fourth-order valence-corrected chi connectivity index (χ4v) is 3.81. The van der Waals surface area contributed by atoms with Crippen LogP contribution in [0.1, 0.15) is 11.1 Å². The molecule has 0 saturated carbocycles. The Bertz CT molecular complexity index is 837. The molecule has 0 radical (unpaired) electrons. The van der Waals surface area contributed by atoms with E-state index in [1.807, 2.05) is 6.07 Å². The lowest BCUT2D eigenvalue weighted by Crippen LogP contribution is -2.24. The van der Waals surface area contributed by atoms with Crippen LogP contribution in [0.25, 0.3) is 0 Å². The first-order valence-electron chi connectivity index (χ1n) is 6.77. The Balaban J connectivity index is 2.05. The van der Waals surface area contributed by atoms with Crippen molar-refractivity contribution in [3.05, 3.63) is 63.9 Å². The summed E-state index contributed by atoms with van der Waals surface area (Å²) < 4.78 is 38.5. The average molecular weight is 400 g/mol. The molecular formula is C16H15BrFNO3S. The second-order valence-corrected chi connectivity index (χ2v) is 8.11. The van der Waals surface area contributed by atoms with Crippen LogP contribution in [0, 0.1) is 12.7 Å². The Morgan fingerprint density at radius 3 is 2.57 bits per heavy atom. The van der Waals surface area contributed by atoms with Crippen LogP contribution in [-0.2, 0) is 20.4 Å². The van der Waals surface area contributed by atoms with Gasteiger partial charge < -0.3 is 5.32 Å². The number of amides is 1. The van der Waals surface area contributed by atoms with Crippen molar-refractivity contribution in [2.24, 2.45) is 0 Å². The van der Waals surface area contributed by atoms with Gasteiger partial charge in [-0.05, 0) is 36.8 Å². The quantitative estimate of drug-likeness (QED) is 0.837. The first-order chi connectivity index (χ1) is 10.8. The van der Waals surface area contributed by atoms with E-state index >= 15 is 0 Å². The summed E-state index contributed by atoms with van der Waals surface area (Å²) in [5.74, 6) is -2.45. The van der Waals surface area contributed by atoms with E-state index in [9.17, 15) is 17.6 Å². The second kappa shape index (κ2) is 7.23. The molecule has 0 aliphatic rings. The third kappa shape index (κ3) is 5.14. The van der Waals surface area contributed by atoms with Crippen molar-refractivity contribution < 1.29 is 17.6 Å². The molecule has 4 nitrogen and oxygen atoms in total. The van der Waals surface area contributed by atoms with E-state index in [2.05, 4.69) is 21.2 Å². The molecule has 1 N–H and O–H groups in total. The summed E-state index contributed by atoms with van der Waals surface area (Å²) in [6.45, 7) is 1.80. The van der Waals surface area contributed by atoms with Crippen LogP contribution < -0.4 is 5.32 Å². The molecule has 0 heterocycles. The van der Waals surface area contributed by atoms with E-state index in [1.54, 1.807) is 25.1 Å². The zero-order valence-electron chi connectivity index (χ0n) is 12.3. The molecule has 0 aliphatic heterocycles. The van der Waals surface area contributed by atoms with E-state index in [-0.39, 0.29) is 5.56 Å². The summed E-state index contributed by atoms with van der Waals surface area (Å²) in [5.41, 5.74) is 1.40. The van der Waals surface area contributed by atoms with Crippen molar-refractivity contribution in [2.75, 3.05) is 11.1 Å². The average Bonchev–Trinajstić information content (AvgIpc) is 2.43. The molecule has 0 unspecified atom stereocenters. The van der Waals surface area contributed by atoms with E-state index in [0.717, 1.165) is 10.0 Å². The maximum Gasteiger partial charge on any atom is 0.239 e. The number of benzene rings is 2. The molecule has 0 aliphatic carbocycles. The molecular weight excluding hydrogens is 385 g/mol. The largest absolute Gasteiger partial charge is 0.325 e. The summed E-state index contributed by atoms with van der Waals surface area (Å²) in [4.78, 5) is 11.9. The van der Waals surface area contributed by atoms with Crippen molar-refractivity contribution in [2.45, 2.75) is 12.7 Å². The standard InChI is InChI=1S/C16H15BrFNO3S/c1-11-8-13(17)6-7-15(11)19-16(20)10-23(21,22)9-12-4-2-3-5-14(12)18/h2-8H,9-10H2,1H3,(H,19,20). The van der Waals surface area contributed by atoms with E-state index in [0.29, 0.717) is 5.69 Å². The molecule has 122 valence electrons. The number of sulfone groups is 1. The zero-order chi connectivity index (χ0) is 17.0. The SMILES string of the molecule is Cc1cc(Br)ccc1NC(=O)CS(=O)(=O)Cc1ccccc1F. The number of carbonyl (C=O) groups is 1. The fourth-order valence-electron chi connectivity index (χ4n) is 2.06. The Kier molecular flexibility index (Phi) is 5.54. The molecule has 7 heteroatoms. The minimum absolute atomic E-state index is 0.0557. The van der Waals surface area contributed by atoms with Crippen LogP contribution >= 0.6 is 15.9 Å². The third-order valence-corrected chi connectivity index (χ3v) is 5.09. The molecule has 0 spiro atoms. The highest BCUT2D eigenvalue weighted by atomic mass is 79.9. The normalized spacial score (nSPS) is 11.3. The van der Waals surface area contributed by atoms with Gasteiger partial charge in [0.2, 0.25) is 5.91 Å². The van der Waals surface area contributed by atoms with E-state index < -0.39 is 33.1 Å². The summed E-state index contributed by atoms with van der Waals surface area (Å²) >= 11 is 3.31. The van der Waals surface area contributed by atoms with Crippen LogP contribution in [0.4, 0.5) is 10.1 Å². The van der Waals surface area contributed by atoms with Crippen molar-refractivity contribution in [1.29, 1.82) is 0 Å². The van der Waals surface area contributed by atoms with Gasteiger partial charge in [0.05, 0.1) is 5.75 Å². The lowest BCUT2D eigenvalue weighted by atomic mass is 10.2. The van der Waals surface area contributed by atoms with Gasteiger partial charge in [-0.15, -0.1) is 0 Å². The van der Waals surface area contributed by atoms with Gasteiger partial charge in [-0.3, -0.25) is 4.79 Å². The molecule has 23 heavy (non-hydrogen) atoms. The molecule has 0 bridgehead atoms. The van der Waals surface area contributed by atoms with Gasteiger partial charge in [-0.2, -0.15) is 0 Å². The van der Waals surface area contributed by atoms with Gasteiger partial charge in [0.1, 0.15) is 11.6 Å². The van der Waals surface area contributed by atoms with Crippen LogP contribution in [0.15, 0.2) is 46.9 Å². The number of anilines is 1. The molecule has 0 saturated heterocycles. The summed E-state index contributed by atoms with van der Waals surface area (Å²) in [7, 11) is -3.76. The Morgan fingerprint density at radius 2 is 1.91 bits per heavy atom. The number of rotatable bonds is 5. The lowest BCUT2D eigenvalue weighted by molar-refractivity contribution is -0.113. The van der Waals surface area contributed by atoms with Gasteiger partial charge in [-0.1, -0.05) is 34.1 Å². The first-order valence-corrected chi connectivity index (χ1v) is 9.38. The summed E-state index contributed by atoms with van der Waals surface area (Å²) in [6, 6.07) is 10.9. The number of hydrogen-bond donors (Lipinski definition) is 1. The highest BCUT2D eigenvalue weighted by Crippen LogP contribution is 2.20. The zero-order valence-corrected chi connectivity index (χ0v) is 14.7. The predicted molar refractivity (Wildman–Crippen MR) is 91.4 cm³/mol. The van der Waals surface area contributed by atoms with E-state index in [1.165, 1.54) is 18.2 Å². The Morgan fingerprint density at radius 1 is 1.22 bits per heavy atom. The fraction of sp³-hybridized carbons (Fsp3) is 0.188. The Labute approximate surface area is 142 Å². The number of aryl methyl sites for hydroxylation is 1. The summed E-state index contributed by atoms with van der Waals surface area (Å²) in [6.07, 6.45) is 0. The minimum Gasteiger partial charge on any atom is -0.325 e. The molecule has 0 atom stereocenters. The highest BCUT2D eigenvalue weighted by molar-refractivity contribution is 9.10. The van der Waals surface area contributed by atoms with Crippen molar-refractivity contribution in [3.63, 3.8) is 0 Å². The second-order valence-electron chi connectivity index (χ2n) is 5.13. The number of carbonyl (C=O) groups excluding carboxylic acids is 1. The third-order valence-electron chi connectivity index (χ3n) is 3.15. The minimum atomic E-state index is -3.76. The monoisotopic (exact) mass is 399 g/mol. The van der Waals surface area contributed by atoms with Gasteiger partial charge in [0, 0.05) is 15.7 Å². The van der Waals surface area contributed by atoms with Gasteiger partial charge >= 0.3 is 0 Å². The number of nitrogens with one attached hydrogen (secondary N) is 1. The molecule has 2 aromatic rings. The van der Waals surface area contributed by atoms with Crippen LogP contribution in [0.5, 0.6) is 0 Å². The lowest BCUT2D eigenvalue weighted by Gasteiger charge is -2.09. The van der Waals surface area contributed by atoms with Gasteiger partial charge in [0.15, 0.2) is 9.84 Å². The molecule has 2 rings (SSSR count). The molecule has 0 aromatic heterocycles. The van der Waals surface area contributed by atoms with Crippen LogP contribution in [-0.4, -0.2) is 20.1 Å².